The molecule has 152 valence electrons. The minimum Gasteiger partial charge on any atom is -0.353 e. The second kappa shape index (κ2) is 8.68. The molecular formula is C20H27FN4O3. The summed E-state index contributed by atoms with van der Waals surface area (Å²) in [5.74, 6) is -1.32. The van der Waals surface area contributed by atoms with Crippen LogP contribution in [0.15, 0.2) is 24.3 Å². The van der Waals surface area contributed by atoms with Crippen LogP contribution in [0, 0.1) is 5.82 Å². The third-order valence-electron chi connectivity index (χ3n) is 5.45. The summed E-state index contributed by atoms with van der Waals surface area (Å²) < 4.78 is 13.2. The highest BCUT2D eigenvalue weighted by Gasteiger charge is 2.49. The zero-order chi connectivity index (χ0) is 20.1. The molecule has 1 aromatic carbocycles. The molecular weight excluding hydrogens is 363 g/mol. The summed E-state index contributed by atoms with van der Waals surface area (Å²) in [5, 5.41) is 5.40. The van der Waals surface area contributed by atoms with E-state index >= 15 is 0 Å². The normalized spacial score (nSPS) is 23.4. The highest BCUT2D eigenvalue weighted by molar-refractivity contribution is 6.09. The Balaban J connectivity index is 1.53. The quantitative estimate of drug-likeness (QED) is 0.723. The molecule has 4 amide bonds. The Labute approximate surface area is 164 Å². The smallest absolute Gasteiger partial charge is 0.325 e. The Morgan fingerprint density at radius 1 is 1.14 bits per heavy atom. The lowest BCUT2D eigenvalue weighted by molar-refractivity contribution is -0.134. The molecule has 1 atom stereocenters. The number of nitrogens with one attached hydrogen (secondary N) is 2. The molecule has 2 saturated heterocycles. The summed E-state index contributed by atoms with van der Waals surface area (Å²) in [6.45, 7) is 4.55. The number of amides is 4. The Hall–Kier alpha value is -2.48. The van der Waals surface area contributed by atoms with Crippen LogP contribution in [0.25, 0.3) is 0 Å². The summed E-state index contributed by atoms with van der Waals surface area (Å²) in [6.07, 6.45) is 4.86. The topological polar surface area (TPSA) is 81.8 Å². The molecule has 0 saturated carbocycles. The number of halogens is 1. The fraction of sp³-hybridized carbons (Fsp3) is 0.550. The molecule has 1 unspecified atom stereocenters. The van der Waals surface area contributed by atoms with Gasteiger partial charge in [0.25, 0.3) is 5.91 Å². The number of carbonyl (C=O) groups is 3. The van der Waals surface area contributed by atoms with Crippen LogP contribution in [0.5, 0.6) is 0 Å². The van der Waals surface area contributed by atoms with Crippen LogP contribution in [-0.2, 0) is 15.1 Å². The summed E-state index contributed by atoms with van der Waals surface area (Å²) >= 11 is 0. The van der Waals surface area contributed by atoms with Crippen molar-refractivity contribution in [2.45, 2.75) is 38.1 Å². The molecule has 2 N–H and O–H groups in total. The molecule has 7 nitrogen and oxygen atoms in total. The van der Waals surface area contributed by atoms with Gasteiger partial charge in [-0.1, -0.05) is 25.0 Å². The molecule has 1 aromatic rings. The maximum absolute atomic E-state index is 13.2. The Bertz CT molecular complexity index is 731. The number of likely N-dealkylation sites (tertiary alicyclic amines) is 1. The highest BCUT2D eigenvalue weighted by Crippen LogP contribution is 2.28. The lowest BCUT2D eigenvalue weighted by Gasteiger charge is -2.22. The number of benzene rings is 1. The third-order valence-corrected chi connectivity index (χ3v) is 5.45. The van der Waals surface area contributed by atoms with E-state index < -0.39 is 23.3 Å². The van der Waals surface area contributed by atoms with Crippen LogP contribution in [0.4, 0.5) is 9.18 Å². The van der Waals surface area contributed by atoms with Crippen LogP contribution in [0.1, 0.15) is 38.2 Å². The minimum absolute atomic E-state index is 0.332. The van der Waals surface area contributed by atoms with Gasteiger partial charge in [-0.15, -0.1) is 0 Å². The second-order valence-electron chi connectivity index (χ2n) is 7.56. The predicted molar refractivity (Wildman–Crippen MR) is 102 cm³/mol. The summed E-state index contributed by atoms with van der Waals surface area (Å²) in [5.41, 5.74) is -0.840. The molecule has 0 radical (unpaired) electrons. The number of urea groups is 1. The predicted octanol–water partition coefficient (Wildman–Crippen LogP) is 1.58. The first-order valence-corrected chi connectivity index (χ1v) is 9.79. The van der Waals surface area contributed by atoms with Gasteiger partial charge in [0.2, 0.25) is 5.91 Å². The Morgan fingerprint density at radius 3 is 2.43 bits per heavy atom. The molecule has 3 rings (SSSR count). The van der Waals surface area contributed by atoms with Gasteiger partial charge in [-0.3, -0.25) is 14.5 Å². The lowest BCUT2D eigenvalue weighted by Crippen LogP contribution is -2.44. The molecule has 2 fully saturated rings. The molecule has 28 heavy (non-hydrogen) atoms. The number of rotatable bonds is 6. The van der Waals surface area contributed by atoms with Crippen molar-refractivity contribution in [1.29, 1.82) is 0 Å². The molecule has 2 aliphatic rings. The molecule has 0 bridgehead atoms. The lowest BCUT2D eigenvalue weighted by atomic mass is 9.92. The summed E-state index contributed by atoms with van der Waals surface area (Å²) in [7, 11) is 0. The first kappa shape index (κ1) is 20.3. The van der Waals surface area contributed by atoms with E-state index in [0.717, 1.165) is 24.5 Å². The van der Waals surface area contributed by atoms with Crippen molar-refractivity contribution in [3.63, 3.8) is 0 Å². The maximum atomic E-state index is 13.2. The Morgan fingerprint density at radius 2 is 1.79 bits per heavy atom. The highest BCUT2D eigenvalue weighted by atomic mass is 19.1. The fourth-order valence-corrected chi connectivity index (χ4v) is 3.73. The number of imide groups is 1. The van der Waals surface area contributed by atoms with Gasteiger partial charge in [0.1, 0.15) is 17.9 Å². The second-order valence-corrected chi connectivity index (χ2v) is 7.56. The van der Waals surface area contributed by atoms with Crippen molar-refractivity contribution in [1.82, 2.24) is 20.4 Å². The van der Waals surface area contributed by atoms with Gasteiger partial charge in [0, 0.05) is 13.1 Å². The number of nitrogens with zero attached hydrogens (tertiary/aromatic N) is 2. The summed E-state index contributed by atoms with van der Waals surface area (Å²) in [4.78, 5) is 40.5. The van der Waals surface area contributed by atoms with E-state index in [1.165, 1.54) is 49.9 Å². The van der Waals surface area contributed by atoms with E-state index in [-0.39, 0.29) is 12.5 Å². The average molecular weight is 390 g/mol. The molecule has 0 aromatic heterocycles. The first-order chi connectivity index (χ1) is 13.4. The van der Waals surface area contributed by atoms with Crippen molar-refractivity contribution < 1.29 is 18.8 Å². The van der Waals surface area contributed by atoms with Gasteiger partial charge in [0.15, 0.2) is 0 Å². The monoisotopic (exact) mass is 390 g/mol. The number of carbonyl (C=O) groups excluding carboxylic acids is 3. The van der Waals surface area contributed by atoms with E-state index in [2.05, 4.69) is 15.5 Å². The van der Waals surface area contributed by atoms with E-state index in [9.17, 15) is 18.8 Å². The fourth-order valence-electron chi connectivity index (χ4n) is 3.73. The van der Waals surface area contributed by atoms with Crippen molar-refractivity contribution in [3.05, 3.63) is 35.6 Å². The van der Waals surface area contributed by atoms with Crippen LogP contribution in [0.2, 0.25) is 0 Å². The van der Waals surface area contributed by atoms with Crippen LogP contribution in [0.3, 0.4) is 0 Å². The van der Waals surface area contributed by atoms with E-state index in [4.69, 9.17) is 0 Å². The molecule has 2 aliphatic heterocycles. The van der Waals surface area contributed by atoms with Gasteiger partial charge in [0.05, 0.1) is 0 Å². The standard InChI is InChI=1S/C20H27FN4O3/c1-20(15-6-8-16(21)9-7-15)18(27)25(19(28)23-20)14-17(26)22-10-13-24-11-4-2-3-5-12-24/h6-9H,2-5,10-14H2,1H3,(H,22,26)(H,23,28). The van der Waals surface area contributed by atoms with Crippen molar-refractivity contribution in [2.24, 2.45) is 0 Å². The van der Waals surface area contributed by atoms with Gasteiger partial charge < -0.3 is 15.5 Å². The van der Waals surface area contributed by atoms with Gasteiger partial charge in [-0.05, 0) is 50.6 Å². The molecule has 2 heterocycles. The minimum atomic E-state index is -1.31. The zero-order valence-corrected chi connectivity index (χ0v) is 16.2. The third kappa shape index (κ3) is 4.49. The first-order valence-electron chi connectivity index (χ1n) is 9.79. The van der Waals surface area contributed by atoms with Crippen molar-refractivity contribution in [2.75, 3.05) is 32.7 Å². The number of hydrogen-bond donors (Lipinski definition) is 2. The largest absolute Gasteiger partial charge is 0.353 e. The Kier molecular flexibility index (Phi) is 6.28. The SMILES string of the molecule is CC1(c2ccc(F)cc2)NC(=O)N(CC(=O)NCCN2CCCCCC2)C1=O. The van der Waals surface area contributed by atoms with Crippen LogP contribution in [-0.4, -0.2) is 60.4 Å². The van der Waals surface area contributed by atoms with E-state index in [0.29, 0.717) is 12.1 Å². The van der Waals surface area contributed by atoms with Crippen molar-refractivity contribution >= 4 is 17.8 Å². The van der Waals surface area contributed by atoms with Crippen LogP contribution >= 0.6 is 0 Å². The summed E-state index contributed by atoms with van der Waals surface area (Å²) in [6, 6.07) is 4.76. The van der Waals surface area contributed by atoms with E-state index in [1.54, 1.807) is 6.92 Å². The van der Waals surface area contributed by atoms with Gasteiger partial charge in [-0.2, -0.15) is 0 Å². The van der Waals surface area contributed by atoms with Crippen LogP contribution < -0.4 is 10.6 Å². The zero-order valence-electron chi connectivity index (χ0n) is 16.2. The average Bonchev–Trinajstić information content (AvgIpc) is 2.86. The van der Waals surface area contributed by atoms with Gasteiger partial charge >= 0.3 is 6.03 Å². The number of hydrogen-bond acceptors (Lipinski definition) is 4. The van der Waals surface area contributed by atoms with E-state index in [1.807, 2.05) is 0 Å². The molecule has 8 heteroatoms. The van der Waals surface area contributed by atoms with Crippen molar-refractivity contribution in [3.8, 4) is 0 Å². The maximum Gasteiger partial charge on any atom is 0.325 e. The molecule has 0 spiro atoms. The molecule has 0 aliphatic carbocycles. The van der Waals surface area contributed by atoms with Gasteiger partial charge in [-0.25, -0.2) is 9.18 Å².